The minimum Gasteiger partial charge on any atom is -0.345 e. The molecule has 0 spiro atoms. The Morgan fingerprint density at radius 2 is 1.90 bits per heavy atom. The zero-order valence-corrected chi connectivity index (χ0v) is 13.4. The number of rotatable bonds is 6. The van der Waals surface area contributed by atoms with E-state index in [0.717, 1.165) is 17.3 Å². The largest absolute Gasteiger partial charge is 0.345 e. The van der Waals surface area contributed by atoms with E-state index in [2.05, 4.69) is 5.32 Å². The van der Waals surface area contributed by atoms with Crippen LogP contribution in [0.15, 0.2) is 29.2 Å². The Labute approximate surface area is 124 Å². The first-order valence-electron chi connectivity index (χ1n) is 6.20. The van der Waals surface area contributed by atoms with Gasteiger partial charge in [0.15, 0.2) is 0 Å². The molecule has 0 aliphatic carbocycles. The lowest BCUT2D eigenvalue weighted by molar-refractivity contribution is 0.258. The highest BCUT2D eigenvalue weighted by Gasteiger charge is 2.15. The van der Waals surface area contributed by atoms with E-state index in [1.54, 1.807) is 12.1 Å². The first-order chi connectivity index (χ1) is 9.31. The van der Waals surface area contributed by atoms with Gasteiger partial charge in [-0.05, 0) is 32.9 Å². The van der Waals surface area contributed by atoms with E-state index >= 15 is 0 Å². The molecule has 1 N–H and O–H groups in total. The van der Waals surface area contributed by atoms with Crippen LogP contribution in [0.1, 0.15) is 19.4 Å². The van der Waals surface area contributed by atoms with Gasteiger partial charge in [-0.15, -0.1) is 0 Å². The third-order valence-electron chi connectivity index (χ3n) is 2.27. The summed E-state index contributed by atoms with van der Waals surface area (Å²) in [7, 11) is -3.74. The van der Waals surface area contributed by atoms with Crippen molar-refractivity contribution in [3.8, 4) is 0 Å². The fraction of sp³-hybridized carbons (Fsp3) is 0.462. The second kappa shape index (κ2) is 7.66. The van der Waals surface area contributed by atoms with Gasteiger partial charge in [0.25, 0.3) is 15.4 Å². The van der Waals surface area contributed by atoms with Crippen LogP contribution in [0.5, 0.6) is 0 Å². The van der Waals surface area contributed by atoms with Crippen molar-refractivity contribution in [1.29, 1.82) is 0 Å². The van der Waals surface area contributed by atoms with Gasteiger partial charge in [-0.2, -0.15) is 8.42 Å². The molecule has 1 aromatic rings. The molecule has 0 atom stereocenters. The van der Waals surface area contributed by atoms with E-state index in [-0.39, 0.29) is 28.5 Å². The first-order valence-corrected chi connectivity index (χ1v) is 8.60. The lowest BCUT2D eigenvalue weighted by Crippen LogP contribution is -2.27. The topological polar surface area (TPSA) is 72.5 Å². The minimum atomic E-state index is -3.74. The van der Waals surface area contributed by atoms with E-state index < -0.39 is 10.1 Å². The molecular formula is C13H19NO4S2. The fourth-order valence-electron chi connectivity index (χ4n) is 1.33. The summed E-state index contributed by atoms with van der Waals surface area (Å²) in [5, 5.41) is 2.51. The van der Waals surface area contributed by atoms with E-state index in [1.165, 1.54) is 12.1 Å². The van der Waals surface area contributed by atoms with E-state index in [1.807, 2.05) is 20.8 Å². The number of nitrogens with one attached hydrogen (secondary N) is 1. The smallest absolute Gasteiger partial charge is 0.296 e. The molecule has 0 bridgehead atoms. The van der Waals surface area contributed by atoms with Crippen LogP contribution in [0.4, 0.5) is 4.79 Å². The molecule has 0 saturated carbocycles. The number of benzene rings is 1. The summed E-state index contributed by atoms with van der Waals surface area (Å²) in [4.78, 5) is 11.5. The molecule has 1 rings (SSSR count). The fourth-order valence-corrected chi connectivity index (χ4v) is 3.01. The number of aryl methyl sites for hydroxylation is 1. The number of carbonyl (C=O) groups is 1. The van der Waals surface area contributed by atoms with Crippen LogP contribution in [0.2, 0.25) is 0 Å². The molecule has 0 fully saturated rings. The Balaban J connectivity index is 2.41. The van der Waals surface area contributed by atoms with E-state index in [9.17, 15) is 13.2 Å². The van der Waals surface area contributed by atoms with Crippen LogP contribution in [-0.4, -0.2) is 32.1 Å². The molecule has 112 valence electrons. The second-order valence-electron chi connectivity index (χ2n) is 4.52. The molecule has 0 unspecified atom stereocenters. The normalized spacial score (nSPS) is 11.6. The minimum absolute atomic E-state index is 0.0353. The van der Waals surface area contributed by atoms with Gasteiger partial charge >= 0.3 is 0 Å². The van der Waals surface area contributed by atoms with Gasteiger partial charge in [-0.3, -0.25) is 8.98 Å². The molecule has 0 aliphatic heterocycles. The maximum absolute atomic E-state index is 11.8. The van der Waals surface area contributed by atoms with Crippen molar-refractivity contribution in [2.75, 3.05) is 12.4 Å². The lowest BCUT2D eigenvalue weighted by Gasteiger charge is -2.08. The third-order valence-corrected chi connectivity index (χ3v) is 4.35. The highest BCUT2D eigenvalue weighted by molar-refractivity contribution is 8.13. The van der Waals surface area contributed by atoms with Crippen LogP contribution < -0.4 is 5.32 Å². The first kappa shape index (κ1) is 17.0. The van der Waals surface area contributed by atoms with Gasteiger partial charge in [-0.25, -0.2) is 0 Å². The van der Waals surface area contributed by atoms with Gasteiger partial charge in [-0.1, -0.05) is 29.5 Å². The highest BCUT2D eigenvalue weighted by Crippen LogP contribution is 2.14. The molecule has 0 aromatic heterocycles. The predicted molar refractivity (Wildman–Crippen MR) is 80.4 cm³/mol. The summed E-state index contributed by atoms with van der Waals surface area (Å²) in [6.07, 6.45) is 0. The van der Waals surface area contributed by atoms with Crippen molar-refractivity contribution in [1.82, 2.24) is 5.32 Å². The average Bonchev–Trinajstić information content (AvgIpc) is 2.34. The summed E-state index contributed by atoms with van der Waals surface area (Å²) in [6, 6.07) is 6.49. The second-order valence-corrected chi connectivity index (χ2v) is 7.21. The Morgan fingerprint density at radius 3 is 2.45 bits per heavy atom. The third kappa shape index (κ3) is 5.94. The monoisotopic (exact) mass is 317 g/mol. The van der Waals surface area contributed by atoms with Crippen molar-refractivity contribution in [2.24, 2.45) is 0 Å². The van der Waals surface area contributed by atoms with Crippen LogP contribution in [-0.2, 0) is 14.3 Å². The van der Waals surface area contributed by atoms with Crippen LogP contribution in [0, 0.1) is 6.92 Å². The molecule has 7 heteroatoms. The zero-order valence-electron chi connectivity index (χ0n) is 11.8. The zero-order chi connectivity index (χ0) is 15.2. The van der Waals surface area contributed by atoms with Crippen LogP contribution >= 0.6 is 11.8 Å². The standard InChI is InChI=1S/C13H19NO4S2/c1-10(2)14-13(15)19-9-8-18-20(16,17)12-6-4-11(3)5-7-12/h4-7,10H,8-9H2,1-3H3,(H,14,15). The number of hydrogen-bond donors (Lipinski definition) is 1. The van der Waals surface area contributed by atoms with Gasteiger partial charge < -0.3 is 5.32 Å². The van der Waals surface area contributed by atoms with Gasteiger partial charge in [0.1, 0.15) is 0 Å². The molecule has 1 aromatic carbocycles. The SMILES string of the molecule is Cc1ccc(S(=O)(=O)OCCSC(=O)NC(C)C)cc1. The number of carbonyl (C=O) groups excluding carboxylic acids is 1. The summed E-state index contributed by atoms with van der Waals surface area (Å²) in [6.45, 7) is 5.56. The van der Waals surface area contributed by atoms with Gasteiger partial charge in [0, 0.05) is 11.8 Å². The quantitative estimate of drug-likeness (QED) is 0.645. The summed E-state index contributed by atoms with van der Waals surface area (Å²) >= 11 is 1.00. The average molecular weight is 317 g/mol. The van der Waals surface area contributed by atoms with Crippen molar-refractivity contribution in [3.05, 3.63) is 29.8 Å². The van der Waals surface area contributed by atoms with Gasteiger partial charge in [0.05, 0.1) is 11.5 Å². The highest BCUT2D eigenvalue weighted by atomic mass is 32.2. The van der Waals surface area contributed by atoms with Crippen LogP contribution in [0.25, 0.3) is 0 Å². The van der Waals surface area contributed by atoms with E-state index in [0.29, 0.717) is 0 Å². The molecule has 0 radical (unpaired) electrons. The van der Waals surface area contributed by atoms with Crippen molar-refractivity contribution >= 4 is 27.1 Å². The van der Waals surface area contributed by atoms with Crippen molar-refractivity contribution in [2.45, 2.75) is 31.7 Å². The number of thioether (sulfide) groups is 1. The maximum atomic E-state index is 11.8. The predicted octanol–water partition coefficient (Wildman–Crippen LogP) is 2.55. The molecule has 20 heavy (non-hydrogen) atoms. The molecule has 0 heterocycles. The Morgan fingerprint density at radius 1 is 1.30 bits per heavy atom. The Hall–Kier alpha value is -1.05. The number of amides is 1. The Kier molecular flexibility index (Phi) is 6.51. The van der Waals surface area contributed by atoms with Crippen molar-refractivity contribution in [3.63, 3.8) is 0 Å². The lowest BCUT2D eigenvalue weighted by atomic mass is 10.2. The summed E-state index contributed by atoms with van der Waals surface area (Å²) < 4.78 is 28.5. The summed E-state index contributed by atoms with van der Waals surface area (Å²) in [5.74, 6) is 0.281. The molecular weight excluding hydrogens is 298 g/mol. The van der Waals surface area contributed by atoms with Gasteiger partial charge in [0.2, 0.25) is 0 Å². The Bertz CT molecular complexity index is 538. The molecule has 1 amide bonds. The molecule has 5 nitrogen and oxygen atoms in total. The van der Waals surface area contributed by atoms with E-state index in [4.69, 9.17) is 4.18 Å². The summed E-state index contributed by atoms with van der Waals surface area (Å²) in [5.41, 5.74) is 0.977. The molecule has 0 aliphatic rings. The van der Waals surface area contributed by atoms with Crippen LogP contribution in [0.3, 0.4) is 0 Å². The maximum Gasteiger partial charge on any atom is 0.296 e. The molecule has 0 saturated heterocycles. The number of hydrogen-bond acceptors (Lipinski definition) is 5. The van der Waals surface area contributed by atoms with Crippen molar-refractivity contribution < 1.29 is 17.4 Å².